The summed E-state index contributed by atoms with van der Waals surface area (Å²) in [5, 5.41) is 60.7. The zero-order chi connectivity index (χ0) is 25.3. The third-order valence-corrected chi connectivity index (χ3v) is 5.21. The van der Waals surface area contributed by atoms with Crippen molar-refractivity contribution in [2.24, 2.45) is 0 Å². The number of unbranched alkanes of at least 4 members (excludes halogenated alkanes) is 12. The molecule has 0 aromatic carbocycles. The zero-order valence-electron chi connectivity index (χ0n) is 20.5. The molecule has 0 aromatic heterocycles. The van der Waals surface area contributed by atoms with Crippen LogP contribution in [0.1, 0.15) is 96.8 Å². The molecule has 0 spiro atoms. The minimum absolute atomic E-state index is 0.345. The lowest BCUT2D eigenvalue weighted by Crippen LogP contribution is -2.46. The Morgan fingerprint density at radius 2 is 0.970 bits per heavy atom. The number of ether oxygens (including phenoxy) is 1. The summed E-state index contributed by atoms with van der Waals surface area (Å²) in [5.41, 5.74) is 0. The first-order valence-corrected chi connectivity index (χ1v) is 12.5. The number of rotatable bonds is 19. The van der Waals surface area contributed by atoms with Crippen molar-refractivity contribution in [1.29, 1.82) is 0 Å². The van der Waals surface area contributed by atoms with E-state index in [1.807, 2.05) is 0 Å². The van der Waals surface area contributed by atoms with Crippen LogP contribution in [0.5, 0.6) is 0 Å². The average molecular weight is 483 g/mol. The van der Waals surface area contributed by atoms with E-state index in [1.54, 1.807) is 0 Å². The minimum Gasteiger partial charge on any atom is -0.481 e. The second-order valence-corrected chi connectivity index (χ2v) is 8.48. The van der Waals surface area contributed by atoms with E-state index in [0.29, 0.717) is 6.42 Å². The van der Waals surface area contributed by atoms with Crippen molar-refractivity contribution in [2.45, 2.75) is 121 Å². The molecule has 0 saturated carbocycles. The summed E-state index contributed by atoms with van der Waals surface area (Å²) in [6, 6.07) is 0. The summed E-state index contributed by atoms with van der Waals surface area (Å²) in [6.07, 6.45) is 10.9. The van der Waals surface area contributed by atoms with Gasteiger partial charge in [-0.05, 0) is 6.42 Å². The summed E-state index contributed by atoms with van der Waals surface area (Å²) in [5.74, 6) is -0.655. The summed E-state index contributed by atoms with van der Waals surface area (Å²) in [4.78, 5) is 10.3. The van der Waals surface area contributed by atoms with Crippen LogP contribution in [0.4, 0.5) is 0 Å². The normalized spacial score (nSPS) is 15.8. The molecule has 1 aliphatic heterocycles. The second kappa shape index (κ2) is 25.8. The minimum atomic E-state index is -1.67. The van der Waals surface area contributed by atoms with Gasteiger partial charge in [0.05, 0.1) is 26.4 Å². The van der Waals surface area contributed by atoms with Gasteiger partial charge in [-0.2, -0.15) is 0 Å². The molecule has 1 fully saturated rings. The SMILES string of the molecule is C1CO1.CCCCCCCCCCCCCCCC(=O)O.OCC(O)C(O)C(O)C(O)CO. The molecule has 4 atom stereocenters. The van der Waals surface area contributed by atoms with Crippen LogP contribution >= 0.6 is 0 Å². The van der Waals surface area contributed by atoms with Gasteiger partial charge in [0.25, 0.3) is 0 Å². The van der Waals surface area contributed by atoms with Crippen LogP contribution < -0.4 is 0 Å². The van der Waals surface area contributed by atoms with Crippen LogP contribution in [-0.4, -0.2) is 92.6 Å². The number of hydrogen-bond acceptors (Lipinski definition) is 8. The van der Waals surface area contributed by atoms with E-state index in [0.717, 1.165) is 26.1 Å². The van der Waals surface area contributed by atoms with E-state index in [1.165, 1.54) is 70.6 Å². The highest BCUT2D eigenvalue weighted by Crippen LogP contribution is 2.12. The summed E-state index contributed by atoms with van der Waals surface area (Å²) >= 11 is 0. The molecular formula is C24H50O9. The van der Waals surface area contributed by atoms with Gasteiger partial charge in [-0.1, -0.05) is 84.0 Å². The molecule has 200 valence electrons. The molecule has 7 N–H and O–H groups in total. The van der Waals surface area contributed by atoms with Crippen molar-refractivity contribution in [1.82, 2.24) is 0 Å². The molecule has 1 heterocycles. The fourth-order valence-corrected chi connectivity index (χ4v) is 2.97. The Labute approximate surface area is 199 Å². The van der Waals surface area contributed by atoms with Gasteiger partial charge in [0.2, 0.25) is 0 Å². The Balaban J connectivity index is 0. The van der Waals surface area contributed by atoms with Gasteiger partial charge in [0.1, 0.15) is 24.4 Å². The number of aliphatic hydroxyl groups excluding tert-OH is 6. The zero-order valence-corrected chi connectivity index (χ0v) is 20.5. The van der Waals surface area contributed by atoms with E-state index in [4.69, 9.17) is 35.7 Å². The summed E-state index contributed by atoms with van der Waals surface area (Å²) in [7, 11) is 0. The molecule has 0 amide bonds. The van der Waals surface area contributed by atoms with E-state index in [9.17, 15) is 4.79 Å². The first kappa shape index (κ1) is 34.4. The van der Waals surface area contributed by atoms with Crippen LogP contribution in [0, 0.1) is 0 Å². The van der Waals surface area contributed by atoms with Gasteiger partial charge in [0.15, 0.2) is 0 Å². The summed E-state index contributed by atoms with van der Waals surface area (Å²) < 4.78 is 4.50. The predicted molar refractivity (Wildman–Crippen MR) is 127 cm³/mol. The smallest absolute Gasteiger partial charge is 0.303 e. The third-order valence-electron chi connectivity index (χ3n) is 5.21. The third kappa shape index (κ3) is 27.3. The fourth-order valence-electron chi connectivity index (χ4n) is 2.97. The second-order valence-electron chi connectivity index (χ2n) is 8.48. The molecular weight excluding hydrogens is 432 g/mol. The number of aliphatic hydroxyl groups is 6. The highest BCUT2D eigenvalue weighted by atomic mass is 16.6. The number of hydrogen-bond donors (Lipinski definition) is 7. The van der Waals surface area contributed by atoms with Gasteiger partial charge < -0.3 is 40.5 Å². The Kier molecular flexibility index (Phi) is 26.9. The number of carbonyl (C=O) groups is 1. The molecule has 9 nitrogen and oxygen atoms in total. The highest BCUT2D eigenvalue weighted by Gasteiger charge is 2.29. The van der Waals surface area contributed by atoms with Crippen molar-refractivity contribution in [3.8, 4) is 0 Å². The van der Waals surface area contributed by atoms with Crippen molar-refractivity contribution < 1.29 is 45.3 Å². The monoisotopic (exact) mass is 482 g/mol. The highest BCUT2D eigenvalue weighted by molar-refractivity contribution is 5.66. The van der Waals surface area contributed by atoms with Gasteiger partial charge in [-0.3, -0.25) is 4.79 Å². The number of carboxylic acid groups (broad SMARTS) is 1. The number of aliphatic carboxylic acids is 1. The maximum absolute atomic E-state index is 10.3. The molecule has 0 aliphatic carbocycles. The van der Waals surface area contributed by atoms with Gasteiger partial charge in [-0.15, -0.1) is 0 Å². The molecule has 1 saturated heterocycles. The lowest BCUT2D eigenvalue weighted by atomic mass is 10.0. The Morgan fingerprint density at radius 1 is 0.667 bits per heavy atom. The van der Waals surface area contributed by atoms with Crippen LogP contribution in [0.2, 0.25) is 0 Å². The van der Waals surface area contributed by atoms with Gasteiger partial charge >= 0.3 is 5.97 Å². The van der Waals surface area contributed by atoms with Gasteiger partial charge in [-0.25, -0.2) is 0 Å². The van der Waals surface area contributed by atoms with Crippen molar-refractivity contribution in [3.05, 3.63) is 0 Å². The van der Waals surface area contributed by atoms with E-state index >= 15 is 0 Å². The quantitative estimate of drug-likeness (QED) is 0.107. The molecule has 4 unspecified atom stereocenters. The summed E-state index contributed by atoms with van der Waals surface area (Å²) in [6.45, 7) is 2.81. The topological polar surface area (TPSA) is 171 Å². The van der Waals surface area contributed by atoms with E-state index in [-0.39, 0.29) is 0 Å². The largest absolute Gasteiger partial charge is 0.481 e. The Hall–Kier alpha value is -0.810. The molecule has 9 heteroatoms. The standard InChI is InChI=1S/C16H32O2.C6H14O6.C2H4O/c1-2-3-4-5-6-7-8-9-10-11-12-13-14-15-16(17)18;7-1-3(9)5(11)6(12)4(10)2-8;1-2-3-1/h2-15H2,1H3,(H,17,18);3-12H,1-2H2;1-2H2. The maximum atomic E-state index is 10.3. The lowest BCUT2D eigenvalue weighted by molar-refractivity contribution is -0.137. The molecule has 33 heavy (non-hydrogen) atoms. The average Bonchev–Trinajstić information content (AvgIpc) is 3.70. The van der Waals surface area contributed by atoms with Crippen LogP contribution in [0.15, 0.2) is 0 Å². The predicted octanol–water partition coefficient (Wildman–Crippen LogP) is 1.98. The van der Waals surface area contributed by atoms with Crippen LogP contribution in [-0.2, 0) is 9.53 Å². The lowest BCUT2D eigenvalue weighted by Gasteiger charge is -2.24. The van der Waals surface area contributed by atoms with Crippen LogP contribution in [0.25, 0.3) is 0 Å². The molecule has 1 rings (SSSR count). The number of epoxide rings is 1. The molecule has 0 bridgehead atoms. The van der Waals surface area contributed by atoms with Crippen molar-refractivity contribution >= 4 is 5.97 Å². The Morgan fingerprint density at radius 3 is 1.21 bits per heavy atom. The van der Waals surface area contributed by atoms with Crippen molar-refractivity contribution in [2.75, 3.05) is 26.4 Å². The maximum Gasteiger partial charge on any atom is 0.303 e. The van der Waals surface area contributed by atoms with Crippen LogP contribution in [0.3, 0.4) is 0 Å². The first-order chi connectivity index (χ1) is 15.8. The fraction of sp³-hybridized carbons (Fsp3) is 0.958. The van der Waals surface area contributed by atoms with E-state index < -0.39 is 43.6 Å². The first-order valence-electron chi connectivity index (χ1n) is 12.5. The van der Waals surface area contributed by atoms with Gasteiger partial charge in [0, 0.05) is 6.42 Å². The Bertz CT molecular complexity index is 391. The van der Waals surface area contributed by atoms with Crippen molar-refractivity contribution in [3.63, 3.8) is 0 Å². The molecule has 0 radical (unpaired) electrons. The van der Waals surface area contributed by atoms with E-state index in [2.05, 4.69) is 11.7 Å². The molecule has 1 aliphatic rings. The molecule has 0 aromatic rings. The number of carboxylic acids is 1.